The average Bonchev–Trinajstić information content (AvgIpc) is 3.66. The Morgan fingerprint density at radius 3 is 2.69 bits per heavy atom. The molecule has 0 saturated carbocycles. The predicted molar refractivity (Wildman–Crippen MR) is 159 cm³/mol. The van der Waals surface area contributed by atoms with Gasteiger partial charge in [0.2, 0.25) is 5.91 Å². The summed E-state index contributed by atoms with van der Waals surface area (Å²) in [6.45, 7) is 4.73. The van der Waals surface area contributed by atoms with E-state index in [2.05, 4.69) is 39.8 Å². The molecule has 2 aliphatic rings. The lowest BCUT2D eigenvalue weighted by atomic mass is 10.1. The number of carbonyl (C=O) groups is 1. The summed E-state index contributed by atoms with van der Waals surface area (Å²) in [7, 11) is -2.12. The molecule has 2 N–H and O–H groups in total. The quantitative estimate of drug-likeness (QED) is 0.355. The number of fused-ring (bicyclic) bond motifs is 1. The van der Waals surface area contributed by atoms with Crippen molar-refractivity contribution in [2.24, 2.45) is 0 Å². The molecule has 1 saturated heterocycles. The molecule has 1 fully saturated rings. The second-order valence-corrected chi connectivity index (χ2v) is 14.1. The summed E-state index contributed by atoms with van der Waals surface area (Å²) >= 11 is 3.05. The fourth-order valence-corrected chi connectivity index (χ4v) is 8.34. The minimum Gasteiger partial charge on any atom is -0.379 e. The number of amides is 1. The second kappa shape index (κ2) is 12.7. The highest BCUT2D eigenvalue weighted by molar-refractivity contribution is 7.99. The van der Waals surface area contributed by atoms with Crippen LogP contribution in [0.4, 0.5) is 11.4 Å². The number of hydrogen-bond acceptors (Lipinski definition) is 8. The highest BCUT2D eigenvalue weighted by atomic mass is 32.2. The van der Waals surface area contributed by atoms with Gasteiger partial charge in [0, 0.05) is 50.7 Å². The summed E-state index contributed by atoms with van der Waals surface area (Å²) in [5, 5.41) is 8.47. The Labute approximate surface area is 238 Å². The van der Waals surface area contributed by atoms with Crippen LogP contribution in [0.15, 0.2) is 70.3 Å². The van der Waals surface area contributed by atoms with E-state index < -0.39 is 16.1 Å². The summed E-state index contributed by atoms with van der Waals surface area (Å²) in [6, 6.07) is 18.8. The Bertz CT molecular complexity index is 1350. The van der Waals surface area contributed by atoms with Crippen molar-refractivity contribution < 1.29 is 17.9 Å². The van der Waals surface area contributed by atoms with E-state index in [0.29, 0.717) is 24.3 Å². The molecule has 0 aliphatic carbocycles. The van der Waals surface area contributed by atoms with Crippen molar-refractivity contribution in [1.82, 2.24) is 10.2 Å². The van der Waals surface area contributed by atoms with Crippen molar-refractivity contribution in [3.63, 3.8) is 0 Å². The largest absolute Gasteiger partial charge is 0.379 e. The van der Waals surface area contributed by atoms with Gasteiger partial charge in [-0.1, -0.05) is 48.5 Å². The zero-order valence-corrected chi connectivity index (χ0v) is 24.4. The minimum absolute atomic E-state index is 0.0757. The molecule has 39 heavy (non-hydrogen) atoms. The van der Waals surface area contributed by atoms with Gasteiger partial charge >= 0.3 is 0 Å². The van der Waals surface area contributed by atoms with Crippen molar-refractivity contribution in [2.75, 3.05) is 56.1 Å². The number of anilines is 2. The number of carbonyl (C=O) groups excluding carboxylic acids is 1. The number of morpholine rings is 1. The maximum atomic E-state index is 13.3. The van der Waals surface area contributed by atoms with Gasteiger partial charge in [-0.3, -0.25) is 14.0 Å². The minimum atomic E-state index is -3.68. The monoisotopic (exact) mass is 586 g/mol. The van der Waals surface area contributed by atoms with E-state index in [1.807, 2.05) is 30.0 Å². The predicted octanol–water partition coefficient (Wildman–Crippen LogP) is 3.66. The van der Waals surface area contributed by atoms with Crippen LogP contribution >= 0.6 is 23.1 Å². The molecular formula is C28H34N4O4S3. The zero-order valence-electron chi connectivity index (χ0n) is 21.9. The van der Waals surface area contributed by atoms with Crippen LogP contribution in [-0.2, 0) is 31.7 Å². The molecular weight excluding hydrogens is 553 g/mol. The standard InChI is InChI=1S/C28H34N4O4S3/c1-31(39(34,35)26-11-6-16-37-26)25-10-5-9-22-17-24(30-27(22)25)28(33)29-18-23(19-32-12-14-36-15-13-32)38-20-21-7-3-2-4-8-21/h2-11,16,23-24,30H,12-15,17-20H2,1H3,(H,29,33). The van der Waals surface area contributed by atoms with Gasteiger partial charge < -0.3 is 15.4 Å². The van der Waals surface area contributed by atoms with Gasteiger partial charge in [-0.2, -0.15) is 11.8 Å². The third-order valence-electron chi connectivity index (χ3n) is 7.03. The highest BCUT2D eigenvalue weighted by Crippen LogP contribution is 2.38. The first kappa shape index (κ1) is 28.0. The Morgan fingerprint density at radius 1 is 1.15 bits per heavy atom. The van der Waals surface area contributed by atoms with Crippen LogP contribution in [0.5, 0.6) is 0 Å². The van der Waals surface area contributed by atoms with E-state index in [1.165, 1.54) is 21.2 Å². The maximum absolute atomic E-state index is 13.3. The molecule has 3 heterocycles. The number of benzene rings is 2. The number of nitrogens with one attached hydrogen (secondary N) is 2. The van der Waals surface area contributed by atoms with Gasteiger partial charge in [0.05, 0.1) is 24.6 Å². The van der Waals surface area contributed by atoms with Crippen LogP contribution in [0, 0.1) is 0 Å². The van der Waals surface area contributed by atoms with Crippen LogP contribution in [0.3, 0.4) is 0 Å². The molecule has 1 amide bonds. The molecule has 2 aromatic carbocycles. The topological polar surface area (TPSA) is 91.0 Å². The number of sulfonamides is 1. The fraction of sp³-hybridized carbons (Fsp3) is 0.393. The summed E-state index contributed by atoms with van der Waals surface area (Å²) in [6.07, 6.45) is 0.507. The number of rotatable bonds is 11. The molecule has 8 nitrogen and oxygen atoms in total. The van der Waals surface area contributed by atoms with Gasteiger partial charge in [0.1, 0.15) is 10.3 Å². The van der Waals surface area contributed by atoms with Gasteiger partial charge in [0.15, 0.2) is 0 Å². The SMILES string of the molecule is CN(c1cccc2c1NC(C(=O)NCC(CN1CCOCC1)SCc1ccccc1)C2)S(=O)(=O)c1cccs1. The Hall–Kier alpha value is -2.57. The number of ether oxygens (including phenoxy) is 1. The first-order chi connectivity index (χ1) is 18.9. The molecule has 11 heteroatoms. The summed E-state index contributed by atoms with van der Waals surface area (Å²) in [5.74, 6) is 0.806. The lowest BCUT2D eigenvalue weighted by molar-refractivity contribution is -0.121. The Morgan fingerprint density at radius 2 is 1.95 bits per heavy atom. The third kappa shape index (κ3) is 6.78. The van der Waals surface area contributed by atoms with E-state index in [1.54, 1.807) is 30.6 Å². The van der Waals surface area contributed by atoms with Crippen LogP contribution < -0.4 is 14.9 Å². The molecule has 2 unspecified atom stereocenters. The average molecular weight is 587 g/mol. The normalized spacial score (nSPS) is 18.2. The summed E-state index contributed by atoms with van der Waals surface area (Å²) < 4.78 is 33.3. The van der Waals surface area contributed by atoms with Crippen molar-refractivity contribution >= 4 is 50.4 Å². The third-order valence-corrected chi connectivity index (χ3v) is 11.5. The number of thioether (sulfide) groups is 1. The smallest absolute Gasteiger partial charge is 0.273 e. The van der Waals surface area contributed by atoms with E-state index in [9.17, 15) is 13.2 Å². The van der Waals surface area contributed by atoms with Crippen LogP contribution in [0.1, 0.15) is 11.1 Å². The fourth-order valence-electron chi connectivity index (χ4n) is 4.84. The van der Waals surface area contributed by atoms with Gasteiger partial charge in [-0.15, -0.1) is 11.3 Å². The van der Waals surface area contributed by atoms with Crippen LogP contribution in [0.2, 0.25) is 0 Å². The summed E-state index contributed by atoms with van der Waals surface area (Å²) in [4.78, 5) is 15.7. The van der Waals surface area contributed by atoms with Gasteiger partial charge in [-0.05, 0) is 28.6 Å². The maximum Gasteiger partial charge on any atom is 0.273 e. The van der Waals surface area contributed by atoms with E-state index in [-0.39, 0.29) is 15.4 Å². The molecule has 0 bridgehead atoms. The molecule has 208 valence electrons. The molecule has 0 radical (unpaired) electrons. The first-order valence-corrected chi connectivity index (χ1v) is 16.4. The van der Waals surface area contributed by atoms with Crippen molar-refractivity contribution in [3.8, 4) is 0 Å². The second-order valence-electron chi connectivity index (χ2n) is 9.69. The number of nitrogens with zero attached hydrogens (tertiary/aromatic N) is 2. The first-order valence-electron chi connectivity index (χ1n) is 13.1. The molecule has 3 aromatic rings. The van der Waals surface area contributed by atoms with Gasteiger partial charge in [-0.25, -0.2) is 8.42 Å². The van der Waals surface area contributed by atoms with E-state index in [0.717, 1.165) is 44.2 Å². The molecule has 5 rings (SSSR count). The number of para-hydroxylation sites is 1. The van der Waals surface area contributed by atoms with Crippen molar-refractivity contribution in [2.45, 2.75) is 27.7 Å². The Kier molecular flexibility index (Phi) is 9.13. The van der Waals surface area contributed by atoms with E-state index in [4.69, 9.17) is 4.74 Å². The van der Waals surface area contributed by atoms with Crippen LogP contribution in [-0.4, -0.2) is 77.0 Å². The molecule has 2 aliphatic heterocycles. The van der Waals surface area contributed by atoms with Crippen molar-refractivity contribution in [3.05, 3.63) is 77.2 Å². The highest BCUT2D eigenvalue weighted by Gasteiger charge is 2.32. The zero-order chi connectivity index (χ0) is 27.2. The molecule has 0 spiro atoms. The Balaban J connectivity index is 1.22. The number of thiophene rings is 1. The number of hydrogen-bond donors (Lipinski definition) is 2. The molecule has 2 atom stereocenters. The van der Waals surface area contributed by atoms with Crippen LogP contribution in [0.25, 0.3) is 0 Å². The van der Waals surface area contributed by atoms with Crippen molar-refractivity contribution in [1.29, 1.82) is 0 Å². The van der Waals surface area contributed by atoms with Gasteiger partial charge in [0.25, 0.3) is 10.0 Å². The lowest BCUT2D eigenvalue weighted by Crippen LogP contribution is -2.46. The van der Waals surface area contributed by atoms with E-state index >= 15 is 0 Å². The lowest BCUT2D eigenvalue weighted by Gasteiger charge is -2.30. The molecule has 1 aromatic heterocycles. The summed E-state index contributed by atoms with van der Waals surface area (Å²) in [5.41, 5.74) is 3.44.